The molecule has 0 bridgehead atoms. The maximum atomic E-state index is 12.7. The number of rotatable bonds is 6. The van der Waals surface area contributed by atoms with E-state index < -0.39 is 0 Å². The molecule has 2 aromatic rings. The molecule has 1 aliphatic rings. The molecular formula is C17H25Cl2N3O2S. The molecule has 2 aromatic heterocycles. The molecule has 1 fully saturated rings. The maximum Gasteiger partial charge on any atom is 0.236 e. The van der Waals surface area contributed by atoms with Gasteiger partial charge in [-0.1, -0.05) is 13.0 Å². The number of halogens is 2. The van der Waals surface area contributed by atoms with Crippen LogP contribution < -0.4 is 5.32 Å². The van der Waals surface area contributed by atoms with E-state index in [1.165, 1.54) is 0 Å². The lowest BCUT2D eigenvalue weighted by Crippen LogP contribution is -2.47. The predicted octanol–water partition coefficient (Wildman–Crippen LogP) is 3.78. The number of aromatic nitrogens is 1. The van der Waals surface area contributed by atoms with Gasteiger partial charge in [0.1, 0.15) is 6.26 Å². The van der Waals surface area contributed by atoms with Crippen LogP contribution in [0.2, 0.25) is 0 Å². The van der Waals surface area contributed by atoms with Crippen molar-refractivity contribution in [1.29, 1.82) is 0 Å². The maximum absolute atomic E-state index is 12.7. The van der Waals surface area contributed by atoms with Crippen molar-refractivity contribution in [2.75, 3.05) is 19.6 Å². The van der Waals surface area contributed by atoms with Crippen LogP contribution in [0.3, 0.4) is 0 Å². The van der Waals surface area contributed by atoms with Crippen LogP contribution in [0.4, 0.5) is 0 Å². The van der Waals surface area contributed by atoms with E-state index >= 15 is 0 Å². The highest BCUT2D eigenvalue weighted by Gasteiger charge is 2.25. The van der Waals surface area contributed by atoms with Crippen molar-refractivity contribution in [3.8, 4) is 10.8 Å². The first-order valence-electron chi connectivity index (χ1n) is 8.26. The number of hydrogen-bond donors (Lipinski definition) is 1. The lowest BCUT2D eigenvalue weighted by atomic mass is 10.0. The second-order valence-electron chi connectivity index (χ2n) is 5.87. The van der Waals surface area contributed by atoms with Crippen molar-refractivity contribution in [2.24, 2.45) is 0 Å². The topological polar surface area (TPSA) is 58.4 Å². The molecule has 0 aromatic carbocycles. The fraction of sp³-hybridized carbons (Fsp3) is 0.529. The average molecular weight is 406 g/mol. The van der Waals surface area contributed by atoms with Gasteiger partial charge in [0, 0.05) is 12.6 Å². The Bertz CT molecular complexity index is 628. The minimum atomic E-state index is 0. The highest BCUT2D eigenvalue weighted by Crippen LogP contribution is 2.24. The standard InChI is InChI=1S/C17H23N3O2S.2ClH/c1-2-9-20(14-5-7-18-8-6-14)16(21)11-13-12-22-17(19-13)15-4-3-10-23-15;;/h3-4,10,12,14,18H,2,5-9,11H2,1H3;2*1H. The van der Waals surface area contributed by atoms with E-state index in [4.69, 9.17) is 4.42 Å². The number of oxazole rings is 1. The Labute approximate surface area is 165 Å². The van der Waals surface area contributed by atoms with Crippen LogP contribution in [-0.4, -0.2) is 41.5 Å². The molecule has 0 unspecified atom stereocenters. The SMILES string of the molecule is CCCN(C(=O)Cc1coc(-c2cccs2)n1)C1CCNCC1.Cl.Cl. The number of carbonyl (C=O) groups excluding carboxylic acids is 1. The third-order valence-corrected chi connectivity index (χ3v) is 5.01. The molecule has 0 atom stereocenters. The third kappa shape index (κ3) is 5.71. The third-order valence-electron chi connectivity index (χ3n) is 4.15. The number of piperidine rings is 1. The Morgan fingerprint density at radius 3 is 2.80 bits per heavy atom. The minimum Gasteiger partial charge on any atom is -0.444 e. The van der Waals surface area contributed by atoms with E-state index in [9.17, 15) is 4.79 Å². The van der Waals surface area contributed by atoms with Gasteiger partial charge < -0.3 is 14.6 Å². The zero-order valence-corrected chi connectivity index (χ0v) is 16.7. The van der Waals surface area contributed by atoms with Crippen LogP contribution >= 0.6 is 36.2 Å². The number of nitrogens with one attached hydrogen (secondary N) is 1. The molecule has 0 radical (unpaired) electrons. The number of carbonyl (C=O) groups is 1. The van der Waals surface area contributed by atoms with Gasteiger partial charge in [-0.25, -0.2) is 4.98 Å². The first kappa shape index (κ1) is 22.0. The van der Waals surface area contributed by atoms with Gasteiger partial charge in [-0.3, -0.25) is 4.79 Å². The molecule has 0 spiro atoms. The summed E-state index contributed by atoms with van der Waals surface area (Å²) in [6.45, 7) is 4.92. The van der Waals surface area contributed by atoms with Gasteiger partial charge in [-0.05, 0) is 43.8 Å². The highest BCUT2D eigenvalue weighted by atomic mass is 35.5. The Morgan fingerprint density at radius 1 is 1.40 bits per heavy atom. The minimum absolute atomic E-state index is 0. The Hall–Kier alpha value is -1.08. The summed E-state index contributed by atoms with van der Waals surface area (Å²) in [6, 6.07) is 4.29. The fourth-order valence-electron chi connectivity index (χ4n) is 3.03. The Kier molecular flexibility index (Phi) is 9.50. The molecule has 3 rings (SSSR count). The summed E-state index contributed by atoms with van der Waals surface area (Å²) in [4.78, 5) is 20.2. The number of nitrogens with zero attached hydrogens (tertiary/aromatic N) is 2. The van der Waals surface area contributed by atoms with Gasteiger partial charge >= 0.3 is 0 Å². The highest BCUT2D eigenvalue weighted by molar-refractivity contribution is 7.13. The van der Waals surface area contributed by atoms with Crippen LogP contribution in [0.1, 0.15) is 31.9 Å². The summed E-state index contributed by atoms with van der Waals surface area (Å²) in [7, 11) is 0. The zero-order chi connectivity index (χ0) is 16.1. The Morgan fingerprint density at radius 2 is 2.16 bits per heavy atom. The van der Waals surface area contributed by atoms with Gasteiger partial charge in [0.15, 0.2) is 0 Å². The largest absolute Gasteiger partial charge is 0.444 e. The average Bonchev–Trinajstić information content (AvgIpc) is 3.24. The van der Waals surface area contributed by atoms with E-state index in [1.807, 2.05) is 22.4 Å². The summed E-state index contributed by atoms with van der Waals surface area (Å²) in [5.41, 5.74) is 0.716. The van der Waals surface area contributed by atoms with Gasteiger partial charge in [0.2, 0.25) is 11.8 Å². The summed E-state index contributed by atoms with van der Waals surface area (Å²) in [5.74, 6) is 0.761. The first-order chi connectivity index (χ1) is 11.3. The lowest BCUT2D eigenvalue weighted by Gasteiger charge is -2.34. The van der Waals surface area contributed by atoms with E-state index in [0.29, 0.717) is 24.0 Å². The Balaban J connectivity index is 0.00000156. The monoisotopic (exact) mass is 405 g/mol. The molecule has 5 nitrogen and oxygen atoms in total. The van der Waals surface area contributed by atoms with E-state index in [0.717, 1.165) is 43.8 Å². The van der Waals surface area contributed by atoms with Crippen molar-refractivity contribution in [3.05, 3.63) is 29.5 Å². The molecule has 0 saturated carbocycles. The number of hydrogen-bond acceptors (Lipinski definition) is 5. The summed E-state index contributed by atoms with van der Waals surface area (Å²) >= 11 is 1.59. The van der Waals surface area contributed by atoms with Crippen LogP contribution in [-0.2, 0) is 11.2 Å². The van der Waals surface area contributed by atoms with E-state index in [2.05, 4.69) is 17.2 Å². The van der Waals surface area contributed by atoms with Crippen LogP contribution in [0, 0.1) is 0 Å². The molecule has 1 N–H and O–H groups in total. The van der Waals surface area contributed by atoms with Gasteiger partial charge in [0.05, 0.1) is 17.0 Å². The number of thiophene rings is 1. The first-order valence-corrected chi connectivity index (χ1v) is 9.14. The van der Waals surface area contributed by atoms with Crippen LogP contribution in [0.25, 0.3) is 10.8 Å². The van der Waals surface area contributed by atoms with Crippen LogP contribution in [0.5, 0.6) is 0 Å². The van der Waals surface area contributed by atoms with Crippen LogP contribution in [0.15, 0.2) is 28.2 Å². The second kappa shape index (κ2) is 10.8. The molecule has 0 aliphatic carbocycles. The van der Waals surface area contributed by atoms with Crippen molar-refractivity contribution in [3.63, 3.8) is 0 Å². The van der Waals surface area contributed by atoms with Gasteiger partial charge in [-0.2, -0.15) is 0 Å². The van der Waals surface area contributed by atoms with Gasteiger partial charge in [0.25, 0.3) is 0 Å². The zero-order valence-electron chi connectivity index (χ0n) is 14.3. The van der Waals surface area contributed by atoms with Crippen molar-refractivity contribution in [1.82, 2.24) is 15.2 Å². The molecule has 8 heteroatoms. The van der Waals surface area contributed by atoms with Crippen molar-refractivity contribution in [2.45, 2.75) is 38.6 Å². The number of amides is 1. The van der Waals surface area contributed by atoms with Crippen molar-refractivity contribution < 1.29 is 9.21 Å². The second-order valence-corrected chi connectivity index (χ2v) is 6.81. The fourth-order valence-corrected chi connectivity index (χ4v) is 3.68. The lowest BCUT2D eigenvalue weighted by molar-refractivity contribution is -0.133. The molecule has 1 amide bonds. The molecule has 3 heterocycles. The molecule has 25 heavy (non-hydrogen) atoms. The summed E-state index contributed by atoms with van der Waals surface area (Å²) < 4.78 is 5.51. The molecule has 1 aliphatic heterocycles. The summed E-state index contributed by atoms with van der Waals surface area (Å²) in [5, 5.41) is 5.35. The normalized spacial score (nSPS) is 14.4. The van der Waals surface area contributed by atoms with E-state index in [1.54, 1.807) is 17.6 Å². The smallest absolute Gasteiger partial charge is 0.236 e. The van der Waals surface area contributed by atoms with Gasteiger partial charge in [-0.15, -0.1) is 36.2 Å². The quantitative estimate of drug-likeness (QED) is 0.793. The molecule has 140 valence electrons. The molecule has 1 saturated heterocycles. The van der Waals surface area contributed by atoms with E-state index in [-0.39, 0.29) is 30.7 Å². The van der Waals surface area contributed by atoms with Crippen molar-refractivity contribution >= 4 is 42.1 Å². The summed E-state index contributed by atoms with van der Waals surface area (Å²) in [6.07, 6.45) is 4.98. The molecular weight excluding hydrogens is 381 g/mol. The predicted molar refractivity (Wildman–Crippen MR) is 106 cm³/mol.